The van der Waals surface area contributed by atoms with Crippen molar-refractivity contribution in [2.24, 2.45) is 0 Å². The quantitative estimate of drug-likeness (QED) is 0.273. The molecular formula is C30H33N3O3. The fourth-order valence-corrected chi connectivity index (χ4v) is 4.28. The highest BCUT2D eigenvalue weighted by Gasteiger charge is 2.13. The van der Waals surface area contributed by atoms with E-state index in [1.165, 1.54) is 0 Å². The Labute approximate surface area is 212 Å². The highest BCUT2D eigenvalue weighted by molar-refractivity contribution is 5.95. The van der Waals surface area contributed by atoms with Crippen LogP contribution in [0.3, 0.4) is 0 Å². The molecule has 3 aromatic carbocycles. The van der Waals surface area contributed by atoms with Gasteiger partial charge in [0.1, 0.15) is 5.82 Å². The predicted octanol–water partition coefficient (Wildman–Crippen LogP) is 5.83. The van der Waals surface area contributed by atoms with E-state index in [4.69, 9.17) is 14.5 Å². The molecule has 0 aliphatic rings. The van der Waals surface area contributed by atoms with Gasteiger partial charge in [0.05, 0.1) is 24.8 Å². The van der Waals surface area contributed by atoms with Gasteiger partial charge in [-0.3, -0.25) is 4.79 Å². The van der Waals surface area contributed by atoms with Gasteiger partial charge in [0.15, 0.2) is 11.5 Å². The van der Waals surface area contributed by atoms with Gasteiger partial charge in [0.25, 0.3) is 5.91 Å². The van der Waals surface area contributed by atoms with Crippen LogP contribution in [0.2, 0.25) is 0 Å². The number of allylic oxidation sites excluding steroid dienone is 1. The lowest BCUT2D eigenvalue weighted by Crippen LogP contribution is -2.27. The second-order valence-electron chi connectivity index (χ2n) is 8.60. The number of ether oxygens (including phenoxy) is 2. The molecule has 0 aliphatic heterocycles. The van der Waals surface area contributed by atoms with Gasteiger partial charge in [-0.1, -0.05) is 48.6 Å². The van der Waals surface area contributed by atoms with Gasteiger partial charge in [-0.2, -0.15) is 0 Å². The third-order valence-corrected chi connectivity index (χ3v) is 6.09. The van der Waals surface area contributed by atoms with Gasteiger partial charge in [0.2, 0.25) is 0 Å². The highest BCUT2D eigenvalue weighted by atomic mass is 16.5. The standard InChI is InChI=1S/C30H33N3O3/c1-4-10-23-15-16-27(28(21-23)35-3)36-20-9-19-33-26-14-8-7-13-25(26)32-29(33)17-18-31-30(34)24-12-6-5-11-22(24)2/h4-8,10-16,21H,9,17-20H2,1-3H3,(H,31,34)/b10-4+. The molecule has 4 rings (SSSR count). The molecule has 0 aliphatic carbocycles. The molecule has 6 nitrogen and oxygen atoms in total. The zero-order valence-electron chi connectivity index (χ0n) is 21.2. The second-order valence-corrected chi connectivity index (χ2v) is 8.60. The van der Waals surface area contributed by atoms with Crippen LogP contribution < -0.4 is 14.8 Å². The first-order valence-corrected chi connectivity index (χ1v) is 12.3. The molecule has 0 fully saturated rings. The molecule has 6 heteroatoms. The van der Waals surface area contributed by atoms with Crippen LogP contribution in [0.4, 0.5) is 0 Å². The van der Waals surface area contributed by atoms with Crippen LogP contribution in [0.1, 0.15) is 40.7 Å². The summed E-state index contributed by atoms with van der Waals surface area (Å²) >= 11 is 0. The minimum absolute atomic E-state index is 0.0569. The molecule has 36 heavy (non-hydrogen) atoms. The van der Waals surface area contributed by atoms with E-state index in [0.29, 0.717) is 25.1 Å². The number of fused-ring (bicyclic) bond motifs is 1. The lowest BCUT2D eigenvalue weighted by atomic mass is 10.1. The Morgan fingerprint density at radius 2 is 1.86 bits per heavy atom. The average molecular weight is 484 g/mol. The van der Waals surface area contributed by atoms with Gasteiger partial charge >= 0.3 is 0 Å². The van der Waals surface area contributed by atoms with Crippen LogP contribution in [0.5, 0.6) is 11.5 Å². The molecule has 1 aromatic heterocycles. The van der Waals surface area contributed by atoms with E-state index in [9.17, 15) is 4.79 Å². The number of aryl methyl sites for hydroxylation is 2. The first-order chi connectivity index (χ1) is 17.6. The molecule has 1 N–H and O–H groups in total. The minimum atomic E-state index is -0.0569. The fourth-order valence-electron chi connectivity index (χ4n) is 4.28. The lowest BCUT2D eigenvalue weighted by Gasteiger charge is -2.13. The number of nitrogens with one attached hydrogen (secondary N) is 1. The van der Waals surface area contributed by atoms with Crippen molar-refractivity contribution in [3.8, 4) is 11.5 Å². The Morgan fingerprint density at radius 3 is 2.67 bits per heavy atom. The maximum atomic E-state index is 12.6. The maximum Gasteiger partial charge on any atom is 0.251 e. The van der Waals surface area contributed by atoms with E-state index >= 15 is 0 Å². The molecule has 186 valence electrons. The molecule has 0 radical (unpaired) electrons. The number of rotatable bonds is 11. The van der Waals surface area contributed by atoms with Crippen LogP contribution in [0, 0.1) is 6.92 Å². The molecule has 0 bridgehead atoms. The number of carbonyl (C=O) groups excluding carboxylic acids is 1. The van der Waals surface area contributed by atoms with Crippen LogP contribution in [-0.2, 0) is 13.0 Å². The lowest BCUT2D eigenvalue weighted by molar-refractivity contribution is 0.0953. The third-order valence-electron chi connectivity index (χ3n) is 6.09. The number of amides is 1. The molecule has 4 aromatic rings. The Bertz CT molecular complexity index is 1360. The third kappa shape index (κ3) is 5.95. The summed E-state index contributed by atoms with van der Waals surface area (Å²) in [5, 5.41) is 3.04. The summed E-state index contributed by atoms with van der Waals surface area (Å²) in [7, 11) is 1.66. The summed E-state index contributed by atoms with van der Waals surface area (Å²) in [6.45, 7) is 5.77. The van der Waals surface area contributed by atoms with Crippen LogP contribution in [0.15, 0.2) is 72.8 Å². The molecule has 1 heterocycles. The van der Waals surface area contributed by atoms with E-state index < -0.39 is 0 Å². The van der Waals surface area contributed by atoms with Crippen molar-refractivity contribution >= 4 is 23.0 Å². The van der Waals surface area contributed by atoms with Crippen molar-refractivity contribution in [1.29, 1.82) is 0 Å². The van der Waals surface area contributed by atoms with Gasteiger partial charge in [-0.05, 0) is 61.7 Å². The van der Waals surface area contributed by atoms with E-state index in [0.717, 1.165) is 52.4 Å². The highest BCUT2D eigenvalue weighted by Crippen LogP contribution is 2.29. The summed E-state index contributed by atoms with van der Waals surface area (Å²) < 4.78 is 13.8. The zero-order chi connectivity index (χ0) is 25.3. The van der Waals surface area contributed by atoms with E-state index in [2.05, 4.69) is 16.0 Å². The number of benzene rings is 3. The summed E-state index contributed by atoms with van der Waals surface area (Å²) in [5.41, 5.74) is 4.80. The van der Waals surface area contributed by atoms with Crippen LogP contribution in [-0.4, -0.2) is 35.7 Å². The first kappa shape index (κ1) is 25.0. The van der Waals surface area contributed by atoms with Crippen molar-refractivity contribution in [2.45, 2.75) is 33.2 Å². The Morgan fingerprint density at radius 1 is 1.06 bits per heavy atom. The van der Waals surface area contributed by atoms with Gasteiger partial charge in [0, 0.05) is 25.1 Å². The molecule has 0 atom stereocenters. The smallest absolute Gasteiger partial charge is 0.251 e. The van der Waals surface area contributed by atoms with Crippen molar-refractivity contribution in [2.75, 3.05) is 20.3 Å². The number of methoxy groups -OCH3 is 1. The summed E-state index contributed by atoms with van der Waals surface area (Å²) in [6, 6.07) is 21.7. The number of imidazole rings is 1. The van der Waals surface area contributed by atoms with Crippen molar-refractivity contribution in [1.82, 2.24) is 14.9 Å². The van der Waals surface area contributed by atoms with Gasteiger partial charge in [-0.15, -0.1) is 0 Å². The Hall–Kier alpha value is -4.06. The number of carbonyl (C=O) groups is 1. The minimum Gasteiger partial charge on any atom is -0.493 e. The number of aromatic nitrogens is 2. The molecule has 0 unspecified atom stereocenters. The Kier molecular flexibility index (Phi) is 8.40. The number of para-hydroxylation sites is 2. The largest absolute Gasteiger partial charge is 0.493 e. The molecule has 0 saturated heterocycles. The van der Waals surface area contributed by atoms with E-state index in [1.807, 2.05) is 86.7 Å². The second kappa shape index (κ2) is 12.1. The summed E-state index contributed by atoms with van der Waals surface area (Å²) in [6.07, 6.45) is 5.48. The molecular weight excluding hydrogens is 450 g/mol. The van der Waals surface area contributed by atoms with Crippen LogP contribution >= 0.6 is 0 Å². The Balaban J connectivity index is 1.39. The average Bonchev–Trinajstić information content (AvgIpc) is 3.24. The number of hydrogen-bond donors (Lipinski definition) is 1. The predicted molar refractivity (Wildman–Crippen MR) is 145 cm³/mol. The normalized spacial score (nSPS) is 11.2. The zero-order valence-corrected chi connectivity index (χ0v) is 21.2. The van der Waals surface area contributed by atoms with E-state index in [-0.39, 0.29) is 5.91 Å². The van der Waals surface area contributed by atoms with Gasteiger partial charge in [-0.25, -0.2) is 4.98 Å². The topological polar surface area (TPSA) is 65.4 Å². The summed E-state index contributed by atoms with van der Waals surface area (Å²) in [4.78, 5) is 17.4. The van der Waals surface area contributed by atoms with Crippen molar-refractivity contribution in [3.05, 3.63) is 95.3 Å². The van der Waals surface area contributed by atoms with Crippen LogP contribution in [0.25, 0.3) is 17.1 Å². The molecule has 0 spiro atoms. The maximum absolute atomic E-state index is 12.6. The monoisotopic (exact) mass is 483 g/mol. The molecule has 1 amide bonds. The van der Waals surface area contributed by atoms with Crippen molar-refractivity contribution < 1.29 is 14.3 Å². The SMILES string of the molecule is C/C=C/c1ccc(OCCCn2c(CCNC(=O)c3ccccc3C)nc3ccccc32)c(OC)c1. The van der Waals surface area contributed by atoms with Gasteiger partial charge < -0.3 is 19.4 Å². The summed E-state index contributed by atoms with van der Waals surface area (Å²) in [5.74, 6) is 2.36. The van der Waals surface area contributed by atoms with E-state index in [1.54, 1.807) is 7.11 Å². The van der Waals surface area contributed by atoms with Crippen molar-refractivity contribution in [3.63, 3.8) is 0 Å². The molecule has 0 saturated carbocycles. The fraction of sp³-hybridized carbons (Fsp3) is 0.267. The first-order valence-electron chi connectivity index (χ1n) is 12.3. The number of hydrogen-bond acceptors (Lipinski definition) is 4. The number of nitrogens with zero attached hydrogens (tertiary/aromatic N) is 2.